The number of fused-ring (bicyclic) bond motifs is 1. The highest BCUT2D eigenvalue weighted by atomic mass is 15.0. The third-order valence-electron chi connectivity index (χ3n) is 2.47. The second-order valence-electron chi connectivity index (χ2n) is 3.31. The van der Waals surface area contributed by atoms with Gasteiger partial charge in [-0.25, -0.2) is 4.98 Å². The number of aromatic nitrogens is 2. The Kier molecular flexibility index (Phi) is 1.68. The van der Waals surface area contributed by atoms with Crippen molar-refractivity contribution < 1.29 is 0 Å². The third kappa shape index (κ3) is 1.17. The minimum absolute atomic E-state index is 1.19. The first kappa shape index (κ1) is 6.89. The van der Waals surface area contributed by atoms with E-state index in [2.05, 4.69) is 16.6 Å². The predicted molar refractivity (Wildman–Crippen MR) is 44.5 cm³/mol. The van der Waals surface area contributed by atoms with Crippen LogP contribution in [0.15, 0.2) is 6.33 Å². The minimum Gasteiger partial charge on any atom is -0.337 e. The Hall–Kier alpha value is -0.790. The second kappa shape index (κ2) is 2.68. The molecule has 0 amide bonds. The minimum atomic E-state index is 1.19. The Morgan fingerprint density at radius 3 is 3.00 bits per heavy atom. The summed E-state index contributed by atoms with van der Waals surface area (Å²) in [6, 6.07) is 0. The van der Waals surface area contributed by atoms with Gasteiger partial charge < -0.3 is 4.57 Å². The van der Waals surface area contributed by atoms with Gasteiger partial charge in [-0.15, -0.1) is 0 Å². The Morgan fingerprint density at radius 1 is 1.27 bits per heavy atom. The van der Waals surface area contributed by atoms with Crippen molar-refractivity contribution in [2.45, 2.75) is 32.1 Å². The van der Waals surface area contributed by atoms with Gasteiger partial charge in [-0.1, -0.05) is 6.42 Å². The van der Waals surface area contributed by atoms with Crippen molar-refractivity contribution in [3.8, 4) is 0 Å². The van der Waals surface area contributed by atoms with Gasteiger partial charge >= 0.3 is 0 Å². The van der Waals surface area contributed by atoms with Gasteiger partial charge in [0.15, 0.2) is 0 Å². The lowest BCUT2D eigenvalue weighted by Crippen LogP contribution is -1.96. The second-order valence-corrected chi connectivity index (χ2v) is 3.31. The monoisotopic (exact) mass is 150 g/mol. The van der Waals surface area contributed by atoms with Crippen LogP contribution in [0.1, 0.15) is 30.7 Å². The molecule has 0 saturated heterocycles. The largest absolute Gasteiger partial charge is 0.337 e. The first-order valence-electron chi connectivity index (χ1n) is 4.37. The molecule has 2 heteroatoms. The lowest BCUT2D eigenvalue weighted by Gasteiger charge is -1.99. The third-order valence-corrected chi connectivity index (χ3v) is 2.47. The number of hydrogen-bond donors (Lipinski definition) is 0. The van der Waals surface area contributed by atoms with E-state index in [9.17, 15) is 0 Å². The van der Waals surface area contributed by atoms with Gasteiger partial charge in [0.05, 0.1) is 12.0 Å². The zero-order valence-electron chi connectivity index (χ0n) is 7.01. The molecule has 1 aliphatic rings. The molecule has 0 saturated carbocycles. The van der Waals surface area contributed by atoms with E-state index in [1.807, 2.05) is 6.33 Å². The van der Waals surface area contributed by atoms with Crippen LogP contribution in [0.25, 0.3) is 0 Å². The maximum Gasteiger partial charge on any atom is 0.0949 e. The van der Waals surface area contributed by atoms with Gasteiger partial charge in [0, 0.05) is 12.7 Å². The van der Waals surface area contributed by atoms with Gasteiger partial charge in [-0.3, -0.25) is 0 Å². The first-order chi connectivity index (χ1) is 5.38. The summed E-state index contributed by atoms with van der Waals surface area (Å²) in [6.45, 7) is 0. The van der Waals surface area contributed by atoms with E-state index in [4.69, 9.17) is 0 Å². The van der Waals surface area contributed by atoms with Crippen molar-refractivity contribution in [1.29, 1.82) is 0 Å². The maximum absolute atomic E-state index is 4.38. The van der Waals surface area contributed by atoms with Crippen LogP contribution < -0.4 is 0 Å². The molecule has 60 valence electrons. The van der Waals surface area contributed by atoms with Crippen LogP contribution in [-0.4, -0.2) is 9.55 Å². The zero-order chi connectivity index (χ0) is 7.68. The molecule has 1 aromatic heterocycles. The summed E-state index contributed by atoms with van der Waals surface area (Å²) < 4.78 is 2.17. The molecule has 0 fully saturated rings. The van der Waals surface area contributed by atoms with Crippen LogP contribution in [0.3, 0.4) is 0 Å². The molecule has 2 rings (SSSR count). The Labute approximate surface area is 67.3 Å². The summed E-state index contributed by atoms with van der Waals surface area (Å²) in [5.74, 6) is 0. The molecule has 0 aromatic carbocycles. The molecular weight excluding hydrogens is 136 g/mol. The molecule has 0 aliphatic heterocycles. The number of hydrogen-bond acceptors (Lipinski definition) is 1. The fourth-order valence-electron chi connectivity index (χ4n) is 1.80. The van der Waals surface area contributed by atoms with Gasteiger partial charge in [-0.2, -0.15) is 0 Å². The van der Waals surface area contributed by atoms with Crippen molar-refractivity contribution in [2.75, 3.05) is 0 Å². The van der Waals surface area contributed by atoms with E-state index in [0.29, 0.717) is 0 Å². The molecule has 0 radical (unpaired) electrons. The highest BCUT2D eigenvalue weighted by Crippen LogP contribution is 2.18. The molecule has 1 aliphatic carbocycles. The van der Waals surface area contributed by atoms with Crippen molar-refractivity contribution in [2.24, 2.45) is 7.05 Å². The van der Waals surface area contributed by atoms with Crippen molar-refractivity contribution in [3.05, 3.63) is 17.7 Å². The van der Waals surface area contributed by atoms with Gasteiger partial charge in [0.25, 0.3) is 0 Å². The number of imidazole rings is 1. The lowest BCUT2D eigenvalue weighted by molar-refractivity contribution is 0.689. The van der Waals surface area contributed by atoms with E-state index < -0.39 is 0 Å². The van der Waals surface area contributed by atoms with Gasteiger partial charge in [0.1, 0.15) is 0 Å². The summed E-state index contributed by atoms with van der Waals surface area (Å²) in [6.07, 6.45) is 8.39. The van der Waals surface area contributed by atoms with Crippen LogP contribution in [0.2, 0.25) is 0 Å². The van der Waals surface area contributed by atoms with E-state index >= 15 is 0 Å². The topological polar surface area (TPSA) is 17.8 Å². The molecule has 0 N–H and O–H groups in total. The van der Waals surface area contributed by atoms with E-state index in [1.165, 1.54) is 43.5 Å². The average Bonchev–Trinajstić information content (AvgIpc) is 2.25. The van der Waals surface area contributed by atoms with Crippen LogP contribution >= 0.6 is 0 Å². The Bertz CT molecular complexity index is 250. The highest BCUT2D eigenvalue weighted by molar-refractivity contribution is 5.14. The molecule has 11 heavy (non-hydrogen) atoms. The van der Waals surface area contributed by atoms with E-state index in [1.54, 1.807) is 0 Å². The SMILES string of the molecule is Cn1cnc2c1CCCCC2. The summed E-state index contributed by atoms with van der Waals surface area (Å²) >= 11 is 0. The number of rotatable bonds is 0. The standard InChI is InChI=1S/C9H14N2/c1-11-7-10-8-5-3-2-4-6-9(8)11/h7H,2-6H2,1H3. The smallest absolute Gasteiger partial charge is 0.0949 e. The molecule has 0 spiro atoms. The number of nitrogens with zero attached hydrogens (tertiary/aromatic N) is 2. The quantitative estimate of drug-likeness (QED) is 0.514. The maximum atomic E-state index is 4.38. The summed E-state index contributed by atoms with van der Waals surface area (Å²) in [4.78, 5) is 4.38. The lowest BCUT2D eigenvalue weighted by atomic mass is 10.2. The van der Waals surface area contributed by atoms with Crippen LogP contribution in [0.4, 0.5) is 0 Å². The van der Waals surface area contributed by atoms with Crippen molar-refractivity contribution in [3.63, 3.8) is 0 Å². The zero-order valence-corrected chi connectivity index (χ0v) is 7.01. The van der Waals surface area contributed by atoms with Gasteiger partial charge in [-0.05, 0) is 25.7 Å². The van der Waals surface area contributed by atoms with Crippen LogP contribution in [0.5, 0.6) is 0 Å². The summed E-state index contributed by atoms with van der Waals surface area (Å²) in [7, 11) is 2.09. The van der Waals surface area contributed by atoms with Crippen LogP contribution in [-0.2, 0) is 19.9 Å². The van der Waals surface area contributed by atoms with Gasteiger partial charge in [0.2, 0.25) is 0 Å². The van der Waals surface area contributed by atoms with E-state index in [0.717, 1.165) is 0 Å². The van der Waals surface area contributed by atoms with Crippen LogP contribution in [0, 0.1) is 0 Å². The molecule has 0 unspecified atom stereocenters. The fraction of sp³-hybridized carbons (Fsp3) is 0.667. The molecule has 2 nitrogen and oxygen atoms in total. The Morgan fingerprint density at radius 2 is 2.09 bits per heavy atom. The normalized spacial score (nSPS) is 17.5. The highest BCUT2D eigenvalue weighted by Gasteiger charge is 2.11. The fourth-order valence-corrected chi connectivity index (χ4v) is 1.80. The average molecular weight is 150 g/mol. The molecule has 0 atom stereocenters. The Balaban J connectivity index is 2.35. The summed E-state index contributed by atoms with van der Waals surface area (Å²) in [5, 5.41) is 0. The first-order valence-corrected chi connectivity index (χ1v) is 4.37. The molecule has 1 heterocycles. The summed E-state index contributed by atoms with van der Waals surface area (Å²) in [5.41, 5.74) is 2.80. The predicted octanol–water partition coefficient (Wildman–Crippen LogP) is 1.69. The molecule has 0 bridgehead atoms. The van der Waals surface area contributed by atoms with E-state index in [-0.39, 0.29) is 0 Å². The van der Waals surface area contributed by atoms with Crippen molar-refractivity contribution in [1.82, 2.24) is 9.55 Å². The van der Waals surface area contributed by atoms with Crippen molar-refractivity contribution >= 4 is 0 Å². The number of aryl methyl sites for hydroxylation is 2. The molecule has 1 aromatic rings. The molecular formula is C9H14N2.